The van der Waals surface area contributed by atoms with Crippen molar-refractivity contribution >= 4 is 23.7 Å². The van der Waals surface area contributed by atoms with Crippen LogP contribution in [-0.2, 0) is 25.7 Å². The van der Waals surface area contributed by atoms with Gasteiger partial charge in [0.1, 0.15) is 18.7 Å². The first-order valence-corrected chi connectivity index (χ1v) is 11.4. The van der Waals surface area contributed by atoms with Gasteiger partial charge in [-0.05, 0) is 42.6 Å². The van der Waals surface area contributed by atoms with E-state index < -0.39 is 35.8 Å². The highest BCUT2D eigenvalue weighted by molar-refractivity contribution is 6.38. The summed E-state index contributed by atoms with van der Waals surface area (Å²) >= 11 is 0. The Bertz CT molecular complexity index is 826. The zero-order chi connectivity index (χ0) is 23.1. The molecular weight excluding hydrogens is 410 g/mol. The lowest BCUT2D eigenvalue weighted by molar-refractivity contribution is -0.141. The van der Waals surface area contributed by atoms with Gasteiger partial charge in [0.2, 0.25) is 11.7 Å². The maximum atomic E-state index is 13.1. The van der Waals surface area contributed by atoms with Crippen molar-refractivity contribution in [3.05, 3.63) is 35.9 Å². The molecule has 1 saturated carbocycles. The van der Waals surface area contributed by atoms with Crippen molar-refractivity contribution in [2.75, 3.05) is 6.54 Å². The lowest BCUT2D eigenvalue weighted by Gasteiger charge is -2.34. The highest BCUT2D eigenvalue weighted by Gasteiger charge is 2.39. The van der Waals surface area contributed by atoms with Crippen LogP contribution in [-0.4, -0.2) is 42.3 Å². The minimum absolute atomic E-state index is 0.0769. The van der Waals surface area contributed by atoms with E-state index in [9.17, 15) is 19.2 Å². The van der Waals surface area contributed by atoms with Crippen LogP contribution >= 0.6 is 0 Å². The number of amides is 3. The van der Waals surface area contributed by atoms with E-state index in [1.165, 1.54) is 0 Å². The summed E-state index contributed by atoms with van der Waals surface area (Å²) in [6, 6.07) is 7.47. The van der Waals surface area contributed by atoms with Crippen molar-refractivity contribution in [3.8, 4) is 0 Å². The first-order chi connectivity index (χ1) is 15.3. The Hall–Kier alpha value is -2.90. The minimum atomic E-state index is -0.888. The second-order valence-electron chi connectivity index (χ2n) is 9.12. The molecule has 2 aliphatic rings. The number of rotatable bonds is 6. The summed E-state index contributed by atoms with van der Waals surface area (Å²) in [5, 5.41) is 8.08. The minimum Gasteiger partial charge on any atom is -0.445 e. The molecule has 3 rings (SSSR count). The van der Waals surface area contributed by atoms with Crippen molar-refractivity contribution < 1.29 is 23.9 Å². The van der Waals surface area contributed by atoms with Crippen LogP contribution in [0.3, 0.4) is 0 Å². The first-order valence-electron chi connectivity index (χ1n) is 11.4. The molecule has 1 aromatic rings. The van der Waals surface area contributed by atoms with Gasteiger partial charge in [-0.15, -0.1) is 0 Å². The fourth-order valence-corrected chi connectivity index (χ4v) is 4.58. The number of ketones is 1. The van der Waals surface area contributed by atoms with Gasteiger partial charge in [-0.25, -0.2) is 4.79 Å². The Morgan fingerprint density at radius 1 is 1.12 bits per heavy atom. The molecule has 2 fully saturated rings. The van der Waals surface area contributed by atoms with E-state index in [1.54, 1.807) is 13.8 Å². The van der Waals surface area contributed by atoms with Crippen LogP contribution in [0.2, 0.25) is 0 Å². The van der Waals surface area contributed by atoms with E-state index in [-0.39, 0.29) is 18.4 Å². The number of nitrogens with one attached hydrogen (secondary N) is 3. The van der Waals surface area contributed by atoms with E-state index >= 15 is 0 Å². The average molecular weight is 444 g/mol. The van der Waals surface area contributed by atoms with E-state index in [0.29, 0.717) is 12.5 Å². The Morgan fingerprint density at radius 3 is 2.59 bits per heavy atom. The molecule has 8 heteroatoms. The third-order valence-electron chi connectivity index (χ3n) is 6.37. The molecule has 174 valence electrons. The number of alkyl carbamates (subject to hydrolysis) is 1. The lowest BCUT2D eigenvalue weighted by Crippen LogP contribution is -2.57. The topological polar surface area (TPSA) is 114 Å². The highest BCUT2D eigenvalue weighted by Crippen LogP contribution is 2.34. The van der Waals surface area contributed by atoms with Crippen LogP contribution in [0.25, 0.3) is 0 Å². The SMILES string of the molecule is CC(C)C(NC(=O)OCc1ccccc1)C(=O)NC1C(=O)C(=O)NCCC2CCCC1C2. The first kappa shape index (κ1) is 23.8. The molecular formula is C24H33N3O5. The summed E-state index contributed by atoms with van der Waals surface area (Å²) in [6.07, 6.45) is 3.79. The Kier molecular flexibility index (Phi) is 8.25. The summed E-state index contributed by atoms with van der Waals surface area (Å²) in [6.45, 7) is 4.17. The van der Waals surface area contributed by atoms with Crippen LogP contribution < -0.4 is 16.0 Å². The molecule has 1 heterocycles. The van der Waals surface area contributed by atoms with Crippen LogP contribution in [0.1, 0.15) is 51.5 Å². The molecule has 2 bridgehead atoms. The standard InChI is InChI=1S/C24H33N3O5/c1-15(2)19(27-24(31)32-14-17-7-4-3-5-8-17)22(29)26-20-18-10-6-9-16(13-18)11-12-25-23(30)21(20)28/h3-5,7-8,15-16,18-20H,6,9-14H2,1-2H3,(H,25,30)(H,26,29)(H,27,31). The molecule has 0 spiro atoms. The lowest BCUT2D eigenvalue weighted by atomic mass is 9.76. The molecule has 1 aliphatic heterocycles. The fourth-order valence-electron chi connectivity index (χ4n) is 4.58. The van der Waals surface area contributed by atoms with Crippen molar-refractivity contribution in [3.63, 3.8) is 0 Å². The second-order valence-corrected chi connectivity index (χ2v) is 9.12. The van der Waals surface area contributed by atoms with Gasteiger partial charge in [-0.1, -0.05) is 57.0 Å². The summed E-state index contributed by atoms with van der Waals surface area (Å²) in [4.78, 5) is 50.5. The maximum Gasteiger partial charge on any atom is 0.408 e. The fraction of sp³-hybridized carbons (Fsp3) is 0.583. The van der Waals surface area contributed by atoms with Crippen molar-refractivity contribution in [1.29, 1.82) is 0 Å². The van der Waals surface area contributed by atoms with Crippen molar-refractivity contribution in [2.45, 2.75) is 64.6 Å². The molecule has 0 aromatic heterocycles. The van der Waals surface area contributed by atoms with Gasteiger partial charge in [0.05, 0.1) is 0 Å². The molecule has 4 atom stereocenters. The Labute approximate surface area is 188 Å². The number of ether oxygens (including phenoxy) is 1. The summed E-state index contributed by atoms with van der Waals surface area (Å²) in [5.74, 6) is -1.62. The number of fused-ring (bicyclic) bond motifs is 2. The molecule has 32 heavy (non-hydrogen) atoms. The number of hydrogen-bond acceptors (Lipinski definition) is 5. The zero-order valence-electron chi connectivity index (χ0n) is 18.8. The molecule has 0 radical (unpaired) electrons. The number of carbonyl (C=O) groups is 4. The second kappa shape index (κ2) is 11.1. The van der Waals surface area contributed by atoms with Crippen LogP contribution in [0.15, 0.2) is 30.3 Å². The normalized spacial score (nSPS) is 24.4. The molecule has 4 unspecified atom stereocenters. The van der Waals surface area contributed by atoms with E-state index in [4.69, 9.17) is 4.74 Å². The van der Waals surface area contributed by atoms with Gasteiger partial charge >= 0.3 is 6.09 Å². The van der Waals surface area contributed by atoms with Gasteiger partial charge in [0.15, 0.2) is 0 Å². The molecule has 1 aliphatic carbocycles. The zero-order valence-corrected chi connectivity index (χ0v) is 18.8. The molecule has 1 aromatic carbocycles. The van der Waals surface area contributed by atoms with Crippen LogP contribution in [0.4, 0.5) is 4.79 Å². The van der Waals surface area contributed by atoms with Gasteiger partial charge in [0.25, 0.3) is 5.91 Å². The Morgan fingerprint density at radius 2 is 1.88 bits per heavy atom. The number of hydrogen-bond donors (Lipinski definition) is 3. The number of carbonyl (C=O) groups excluding carboxylic acids is 4. The largest absolute Gasteiger partial charge is 0.445 e. The predicted molar refractivity (Wildman–Crippen MR) is 118 cm³/mol. The predicted octanol–water partition coefficient (Wildman–Crippen LogP) is 2.32. The average Bonchev–Trinajstić information content (AvgIpc) is 2.82. The summed E-state index contributed by atoms with van der Waals surface area (Å²) < 4.78 is 5.24. The maximum absolute atomic E-state index is 13.1. The van der Waals surface area contributed by atoms with Gasteiger partial charge in [-0.2, -0.15) is 0 Å². The molecule has 1 saturated heterocycles. The Balaban J connectivity index is 1.65. The van der Waals surface area contributed by atoms with E-state index in [2.05, 4.69) is 16.0 Å². The summed E-state index contributed by atoms with van der Waals surface area (Å²) in [7, 11) is 0. The molecule has 8 nitrogen and oxygen atoms in total. The van der Waals surface area contributed by atoms with E-state index in [0.717, 1.165) is 37.7 Å². The smallest absolute Gasteiger partial charge is 0.408 e. The quantitative estimate of drug-likeness (QED) is 0.584. The van der Waals surface area contributed by atoms with Crippen LogP contribution in [0, 0.1) is 17.8 Å². The van der Waals surface area contributed by atoms with Gasteiger partial charge in [0, 0.05) is 6.54 Å². The molecule has 3 amide bonds. The third-order valence-corrected chi connectivity index (χ3v) is 6.37. The molecule has 3 N–H and O–H groups in total. The van der Waals surface area contributed by atoms with Crippen molar-refractivity contribution in [2.24, 2.45) is 17.8 Å². The highest BCUT2D eigenvalue weighted by atomic mass is 16.5. The monoisotopic (exact) mass is 443 g/mol. The van der Waals surface area contributed by atoms with Gasteiger partial charge < -0.3 is 20.7 Å². The number of benzene rings is 1. The number of Topliss-reactive ketones (excluding diaryl/α,β-unsaturated/α-hetero) is 1. The van der Waals surface area contributed by atoms with E-state index in [1.807, 2.05) is 30.3 Å². The summed E-state index contributed by atoms with van der Waals surface area (Å²) in [5.41, 5.74) is 0.835. The van der Waals surface area contributed by atoms with Gasteiger partial charge in [-0.3, -0.25) is 14.4 Å². The van der Waals surface area contributed by atoms with Crippen LogP contribution in [0.5, 0.6) is 0 Å². The van der Waals surface area contributed by atoms with Crippen molar-refractivity contribution in [1.82, 2.24) is 16.0 Å². The third kappa shape index (κ3) is 6.31.